The Kier molecular flexibility index (Phi) is 10.6. The fourth-order valence-corrected chi connectivity index (χ4v) is 8.87. The number of hydrogen-bond acceptors (Lipinski definition) is 7. The fourth-order valence-electron chi connectivity index (χ4n) is 7.43. The van der Waals surface area contributed by atoms with Crippen LogP contribution in [-0.4, -0.2) is 84.1 Å². The van der Waals surface area contributed by atoms with Crippen LogP contribution in [0.3, 0.4) is 0 Å². The number of piperidine rings is 1. The Bertz CT molecular complexity index is 1310. The molecule has 0 radical (unpaired) electrons. The molecule has 260 valence electrons. The van der Waals surface area contributed by atoms with Gasteiger partial charge in [-0.3, -0.25) is 19.2 Å². The number of rotatable bonds is 13. The summed E-state index contributed by atoms with van der Waals surface area (Å²) in [5.41, 5.74) is 5.12. The zero-order valence-corrected chi connectivity index (χ0v) is 29.4. The van der Waals surface area contributed by atoms with E-state index in [1.807, 2.05) is 13.8 Å². The Morgan fingerprint density at radius 1 is 0.935 bits per heavy atom. The van der Waals surface area contributed by atoms with Crippen LogP contribution in [0.5, 0.6) is 0 Å². The van der Waals surface area contributed by atoms with Crippen molar-refractivity contribution in [3.63, 3.8) is 0 Å². The average molecular weight is 666 g/mol. The molecule has 5 amide bonds. The summed E-state index contributed by atoms with van der Waals surface area (Å²) in [7, 11) is -3.54. The number of hydrogen-bond donors (Lipinski definition) is 4. The van der Waals surface area contributed by atoms with Crippen molar-refractivity contribution < 1.29 is 32.4 Å². The minimum Gasteiger partial charge on any atom is -0.363 e. The van der Waals surface area contributed by atoms with E-state index in [9.17, 15) is 32.4 Å². The van der Waals surface area contributed by atoms with Gasteiger partial charge in [0.15, 0.2) is 9.84 Å². The molecule has 1 saturated heterocycles. The van der Waals surface area contributed by atoms with Gasteiger partial charge in [0.05, 0.1) is 16.5 Å². The lowest BCUT2D eigenvalue weighted by Gasteiger charge is -2.37. The Labute approximate surface area is 274 Å². The van der Waals surface area contributed by atoms with E-state index >= 15 is 0 Å². The number of likely N-dealkylation sites (tertiary alicyclic amines) is 1. The van der Waals surface area contributed by atoms with Crippen molar-refractivity contribution in [3.8, 4) is 0 Å². The molecule has 0 bridgehead atoms. The normalized spacial score (nSPS) is 26.4. The van der Waals surface area contributed by atoms with Crippen LogP contribution in [0.2, 0.25) is 0 Å². The molecule has 0 aromatic heterocycles. The molecule has 46 heavy (non-hydrogen) atoms. The molecule has 1 heterocycles. The second-order valence-corrected chi connectivity index (χ2v) is 18.9. The third kappa shape index (κ3) is 7.87. The maximum absolute atomic E-state index is 14.4. The minimum absolute atomic E-state index is 0.0784. The Morgan fingerprint density at radius 2 is 1.54 bits per heavy atom. The lowest BCUT2D eigenvalue weighted by Crippen LogP contribution is -2.61. The van der Waals surface area contributed by atoms with Gasteiger partial charge in [-0.2, -0.15) is 0 Å². The van der Waals surface area contributed by atoms with Gasteiger partial charge in [-0.15, -0.1) is 0 Å². The minimum atomic E-state index is -3.54. The van der Waals surface area contributed by atoms with Gasteiger partial charge in [-0.25, -0.2) is 13.2 Å². The molecule has 0 aromatic rings. The van der Waals surface area contributed by atoms with Crippen LogP contribution < -0.4 is 21.7 Å². The Morgan fingerprint density at radius 3 is 2.07 bits per heavy atom. The molecule has 5 N–H and O–H groups in total. The largest absolute Gasteiger partial charge is 0.363 e. The summed E-state index contributed by atoms with van der Waals surface area (Å²) in [6, 6.07) is -4.08. The van der Waals surface area contributed by atoms with Gasteiger partial charge in [0.25, 0.3) is 5.91 Å². The monoisotopic (exact) mass is 665 g/mol. The summed E-state index contributed by atoms with van der Waals surface area (Å²) in [5.74, 6) is -3.14. The molecular formula is C33H55N5O7S. The maximum Gasteiger partial charge on any atom is 0.315 e. The summed E-state index contributed by atoms with van der Waals surface area (Å²) in [4.78, 5) is 67.8. The first-order valence-corrected chi connectivity index (χ1v) is 18.6. The highest BCUT2D eigenvalue weighted by Gasteiger charge is 2.69. The summed E-state index contributed by atoms with van der Waals surface area (Å²) in [6.45, 7) is 13.0. The van der Waals surface area contributed by atoms with Gasteiger partial charge in [-0.05, 0) is 75.0 Å². The van der Waals surface area contributed by atoms with Crippen LogP contribution in [0.25, 0.3) is 0 Å². The van der Waals surface area contributed by atoms with Crippen molar-refractivity contribution in [2.45, 2.75) is 129 Å². The third-order valence-electron chi connectivity index (χ3n) is 11.0. The van der Waals surface area contributed by atoms with Crippen molar-refractivity contribution in [1.82, 2.24) is 20.9 Å². The SMILES string of the molecule is CC(C)[C@@H](CS(=O)(=O)C(C)(C)C)NC(=O)N[C@H](C(=O)N1CC2[C@@H]([C@H]1C(=O)NC(CC1CC1)C(=O)C(N)=O)C2(C)C)C1CCCCC1. The van der Waals surface area contributed by atoms with Gasteiger partial charge < -0.3 is 26.6 Å². The number of carbonyl (C=O) groups excluding carboxylic acids is 5. The number of Topliss-reactive ketones (excluding diaryl/α,β-unsaturated/α-hetero) is 1. The van der Waals surface area contributed by atoms with E-state index in [1.54, 1.807) is 25.7 Å². The van der Waals surface area contributed by atoms with Crippen molar-refractivity contribution in [3.05, 3.63) is 0 Å². The molecular weight excluding hydrogens is 610 g/mol. The van der Waals surface area contributed by atoms with Crippen LogP contribution in [0.1, 0.15) is 99.8 Å². The highest BCUT2D eigenvalue weighted by atomic mass is 32.2. The van der Waals surface area contributed by atoms with Gasteiger partial charge >= 0.3 is 6.03 Å². The highest BCUT2D eigenvalue weighted by Crippen LogP contribution is 2.65. The third-order valence-corrected chi connectivity index (χ3v) is 13.7. The first-order valence-electron chi connectivity index (χ1n) is 17.0. The molecule has 3 saturated carbocycles. The Hall–Kier alpha value is -2.70. The van der Waals surface area contributed by atoms with Crippen molar-refractivity contribution >= 4 is 39.4 Å². The predicted octanol–water partition coefficient (Wildman–Crippen LogP) is 2.29. The maximum atomic E-state index is 14.4. The number of sulfone groups is 1. The van der Waals surface area contributed by atoms with Crippen molar-refractivity contribution in [1.29, 1.82) is 0 Å². The molecule has 4 aliphatic rings. The average Bonchev–Trinajstić information content (AvgIpc) is 3.81. The van der Waals surface area contributed by atoms with E-state index in [1.165, 1.54) is 0 Å². The highest BCUT2D eigenvalue weighted by molar-refractivity contribution is 7.92. The second kappa shape index (κ2) is 13.4. The first-order chi connectivity index (χ1) is 21.3. The van der Waals surface area contributed by atoms with Crippen molar-refractivity contribution in [2.24, 2.45) is 40.7 Å². The zero-order chi connectivity index (χ0) is 34.4. The molecule has 2 unspecified atom stereocenters. The van der Waals surface area contributed by atoms with Gasteiger partial charge in [0.2, 0.25) is 17.6 Å². The van der Waals surface area contributed by atoms with E-state index < -0.39 is 62.4 Å². The molecule has 4 fully saturated rings. The molecule has 1 aliphatic heterocycles. The number of amides is 5. The van der Waals surface area contributed by atoms with Crippen LogP contribution in [0, 0.1) is 35.0 Å². The lowest BCUT2D eigenvalue weighted by atomic mass is 9.83. The fraction of sp³-hybridized carbons (Fsp3) is 0.848. The van der Waals surface area contributed by atoms with E-state index in [0.717, 1.165) is 44.9 Å². The number of primary amides is 1. The molecule has 3 aliphatic carbocycles. The van der Waals surface area contributed by atoms with Crippen LogP contribution >= 0.6 is 0 Å². The number of nitrogens with two attached hydrogens (primary N) is 1. The number of urea groups is 1. The van der Waals surface area contributed by atoms with E-state index in [-0.39, 0.29) is 46.7 Å². The van der Waals surface area contributed by atoms with Crippen LogP contribution in [0.4, 0.5) is 4.79 Å². The van der Waals surface area contributed by atoms with Crippen LogP contribution in [-0.2, 0) is 29.0 Å². The quantitative estimate of drug-likeness (QED) is 0.218. The summed E-state index contributed by atoms with van der Waals surface area (Å²) >= 11 is 0. The smallest absolute Gasteiger partial charge is 0.315 e. The standard InChI is InChI=1S/C33H55N5O7S/c1-18(2)23(17-46(44,45)32(3,4)5)36-31(43)37-25(20-11-9-8-10-12-20)30(42)38-16-21-24(33(21,6)7)26(38)29(41)35-22(15-19-13-14-19)27(39)28(34)40/h18-26H,8-17H2,1-7H3,(H2,34,40)(H,35,41)(H2,36,37,43)/t21?,22?,23-,24+,25+,26+/m1/s1. The number of nitrogens with zero attached hydrogens (tertiary/aromatic N) is 1. The van der Waals surface area contributed by atoms with E-state index in [0.29, 0.717) is 13.0 Å². The molecule has 12 nitrogen and oxygen atoms in total. The van der Waals surface area contributed by atoms with E-state index in [2.05, 4.69) is 29.8 Å². The number of fused-ring (bicyclic) bond motifs is 1. The lowest BCUT2D eigenvalue weighted by molar-refractivity contribution is -0.144. The van der Waals surface area contributed by atoms with Crippen LogP contribution in [0.15, 0.2) is 0 Å². The zero-order valence-electron chi connectivity index (χ0n) is 28.6. The number of ketones is 1. The predicted molar refractivity (Wildman–Crippen MR) is 174 cm³/mol. The van der Waals surface area contributed by atoms with Crippen molar-refractivity contribution in [2.75, 3.05) is 12.3 Å². The molecule has 13 heteroatoms. The number of nitrogens with one attached hydrogen (secondary N) is 3. The second-order valence-electron chi connectivity index (χ2n) is 16.1. The van der Waals surface area contributed by atoms with Gasteiger partial charge in [0, 0.05) is 12.6 Å². The topological polar surface area (TPSA) is 185 Å². The summed E-state index contributed by atoms with van der Waals surface area (Å²) in [6.07, 6.45) is 6.51. The summed E-state index contributed by atoms with van der Waals surface area (Å²) < 4.78 is 25.0. The van der Waals surface area contributed by atoms with E-state index in [4.69, 9.17) is 5.73 Å². The summed E-state index contributed by atoms with van der Waals surface area (Å²) in [5, 5.41) is 8.53. The molecule has 6 atom stereocenters. The van der Waals surface area contributed by atoms with Gasteiger partial charge in [-0.1, -0.05) is 59.8 Å². The Balaban J connectivity index is 1.55. The molecule has 0 spiro atoms. The number of carbonyl (C=O) groups is 5. The first kappa shape index (κ1) is 36.1. The van der Waals surface area contributed by atoms with Gasteiger partial charge in [0.1, 0.15) is 12.1 Å². The molecule has 4 rings (SSSR count). The molecule has 0 aromatic carbocycles.